The second kappa shape index (κ2) is 6.88. The first-order valence-electron chi connectivity index (χ1n) is 8.47. The molecule has 118 valence electrons. The van der Waals surface area contributed by atoms with Crippen molar-refractivity contribution < 1.29 is 9.63 Å². The van der Waals surface area contributed by atoms with Gasteiger partial charge in [0, 0.05) is 18.0 Å². The summed E-state index contributed by atoms with van der Waals surface area (Å²) in [5.41, 5.74) is 0. The van der Waals surface area contributed by atoms with Crippen LogP contribution < -0.4 is 0 Å². The third-order valence-corrected chi connectivity index (χ3v) is 5.17. The highest BCUT2D eigenvalue weighted by Gasteiger charge is 2.29. The fraction of sp³-hybridized carbons (Fsp3) is 0.875. The van der Waals surface area contributed by atoms with Gasteiger partial charge in [0.25, 0.3) is 0 Å². The van der Waals surface area contributed by atoms with Gasteiger partial charge in [0.15, 0.2) is 5.82 Å². The highest BCUT2D eigenvalue weighted by molar-refractivity contribution is 4.96. The van der Waals surface area contributed by atoms with Crippen LogP contribution in [0.5, 0.6) is 0 Å². The minimum atomic E-state index is 0.220. The number of hydrogen-bond donors (Lipinski definition) is 1. The molecule has 1 aromatic heterocycles. The van der Waals surface area contributed by atoms with Crippen molar-refractivity contribution in [2.24, 2.45) is 0 Å². The normalized spacial score (nSPS) is 28.9. The van der Waals surface area contributed by atoms with E-state index in [-0.39, 0.29) is 12.6 Å². The Hall–Kier alpha value is -0.940. The van der Waals surface area contributed by atoms with Gasteiger partial charge in [0.1, 0.15) is 0 Å². The summed E-state index contributed by atoms with van der Waals surface area (Å²) < 4.78 is 5.50. The van der Waals surface area contributed by atoms with E-state index in [1.807, 2.05) is 0 Å². The fourth-order valence-corrected chi connectivity index (χ4v) is 3.83. The van der Waals surface area contributed by atoms with Crippen molar-refractivity contribution >= 4 is 0 Å². The second-order valence-electron chi connectivity index (χ2n) is 6.67. The maximum atomic E-state index is 9.56. The fourth-order valence-electron chi connectivity index (χ4n) is 3.83. The lowest BCUT2D eigenvalue weighted by atomic mass is 9.89. The number of piperidine rings is 1. The van der Waals surface area contributed by atoms with Crippen molar-refractivity contribution in [1.82, 2.24) is 15.0 Å². The largest absolute Gasteiger partial charge is 0.395 e. The molecule has 0 amide bonds. The zero-order valence-electron chi connectivity index (χ0n) is 13.0. The van der Waals surface area contributed by atoms with Gasteiger partial charge in [-0.2, -0.15) is 4.98 Å². The molecule has 2 aliphatic rings. The van der Waals surface area contributed by atoms with Gasteiger partial charge in [-0.05, 0) is 32.6 Å². The maximum Gasteiger partial charge on any atom is 0.229 e. The van der Waals surface area contributed by atoms with Gasteiger partial charge in [0.2, 0.25) is 5.89 Å². The summed E-state index contributed by atoms with van der Waals surface area (Å²) in [5.74, 6) is 2.07. The average molecular weight is 293 g/mol. The van der Waals surface area contributed by atoms with Crippen LogP contribution in [-0.4, -0.2) is 38.8 Å². The van der Waals surface area contributed by atoms with Gasteiger partial charge < -0.3 is 9.63 Å². The molecule has 1 aliphatic heterocycles. The quantitative estimate of drug-likeness (QED) is 0.925. The number of aliphatic hydroxyl groups excluding tert-OH is 1. The van der Waals surface area contributed by atoms with Crippen LogP contribution in [0.2, 0.25) is 0 Å². The Bertz CT molecular complexity index is 442. The lowest BCUT2D eigenvalue weighted by Crippen LogP contribution is -2.46. The van der Waals surface area contributed by atoms with Crippen LogP contribution in [0.25, 0.3) is 0 Å². The summed E-state index contributed by atoms with van der Waals surface area (Å²) >= 11 is 0. The van der Waals surface area contributed by atoms with E-state index < -0.39 is 0 Å². The first-order chi connectivity index (χ1) is 10.3. The van der Waals surface area contributed by atoms with E-state index >= 15 is 0 Å². The predicted octanol–water partition coefficient (Wildman–Crippen LogP) is 2.85. The molecule has 2 heterocycles. The molecule has 1 aromatic rings. The second-order valence-corrected chi connectivity index (χ2v) is 6.67. The van der Waals surface area contributed by atoms with E-state index in [9.17, 15) is 5.11 Å². The molecule has 0 spiro atoms. The molecule has 2 atom stereocenters. The van der Waals surface area contributed by atoms with Crippen LogP contribution in [0, 0.1) is 0 Å². The molecule has 0 aromatic carbocycles. The molecule has 1 saturated carbocycles. The molecule has 0 radical (unpaired) electrons. The van der Waals surface area contributed by atoms with Crippen LogP contribution in [-0.2, 0) is 6.54 Å². The topological polar surface area (TPSA) is 62.4 Å². The molecule has 2 fully saturated rings. The summed E-state index contributed by atoms with van der Waals surface area (Å²) in [6.07, 6.45) is 9.69. The number of nitrogens with zero attached hydrogens (tertiary/aromatic N) is 3. The monoisotopic (exact) mass is 293 g/mol. The molecule has 5 nitrogen and oxygen atoms in total. The van der Waals surface area contributed by atoms with E-state index in [0.29, 0.717) is 18.5 Å². The first-order valence-corrected chi connectivity index (χ1v) is 8.47. The summed E-state index contributed by atoms with van der Waals surface area (Å²) in [5, 5.41) is 13.7. The molecule has 1 aliphatic carbocycles. The number of hydrogen-bond acceptors (Lipinski definition) is 5. The molecular weight excluding hydrogens is 266 g/mol. The summed E-state index contributed by atoms with van der Waals surface area (Å²) in [7, 11) is 0. The summed E-state index contributed by atoms with van der Waals surface area (Å²) in [6.45, 7) is 3.14. The van der Waals surface area contributed by atoms with Gasteiger partial charge in [-0.1, -0.05) is 30.8 Å². The number of aromatic nitrogens is 2. The average Bonchev–Trinajstić information content (AvgIpc) is 2.99. The SMILES string of the molecule is CC1CCCC(CO)N1Cc1noc(C2CCCCC2)n1. The maximum absolute atomic E-state index is 9.56. The Kier molecular flexibility index (Phi) is 4.91. The Labute approximate surface area is 126 Å². The van der Waals surface area contributed by atoms with Gasteiger partial charge in [0.05, 0.1) is 13.2 Å². The van der Waals surface area contributed by atoms with Crippen molar-refractivity contribution in [3.63, 3.8) is 0 Å². The van der Waals surface area contributed by atoms with Gasteiger partial charge in [-0.15, -0.1) is 0 Å². The highest BCUT2D eigenvalue weighted by atomic mass is 16.5. The molecule has 2 unspecified atom stereocenters. The minimum absolute atomic E-state index is 0.220. The Morgan fingerprint density at radius 2 is 1.95 bits per heavy atom. The van der Waals surface area contributed by atoms with Crippen LogP contribution >= 0.6 is 0 Å². The van der Waals surface area contributed by atoms with Crippen LogP contribution in [0.15, 0.2) is 4.52 Å². The standard InChI is InChI=1S/C16H27N3O2/c1-12-6-5-9-14(11-20)19(12)10-15-17-16(21-18-15)13-7-3-2-4-8-13/h12-14,20H,2-11H2,1H3. The zero-order valence-corrected chi connectivity index (χ0v) is 13.0. The molecule has 1 N–H and O–H groups in total. The third-order valence-electron chi connectivity index (χ3n) is 5.17. The first kappa shape index (κ1) is 15.0. The number of aliphatic hydroxyl groups is 1. The van der Waals surface area contributed by atoms with Crippen LogP contribution in [0.3, 0.4) is 0 Å². The van der Waals surface area contributed by atoms with Crippen molar-refractivity contribution in [1.29, 1.82) is 0 Å². The number of likely N-dealkylation sites (tertiary alicyclic amines) is 1. The Morgan fingerprint density at radius 3 is 2.71 bits per heavy atom. The Balaban J connectivity index is 1.65. The minimum Gasteiger partial charge on any atom is -0.395 e. The van der Waals surface area contributed by atoms with E-state index in [1.165, 1.54) is 44.9 Å². The van der Waals surface area contributed by atoms with Gasteiger partial charge in [-0.3, -0.25) is 4.90 Å². The summed E-state index contributed by atoms with van der Waals surface area (Å²) in [4.78, 5) is 6.96. The lowest BCUT2D eigenvalue weighted by molar-refractivity contribution is 0.0425. The van der Waals surface area contributed by atoms with Crippen LogP contribution in [0.4, 0.5) is 0 Å². The lowest BCUT2D eigenvalue weighted by Gasteiger charge is -2.39. The van der Waals surface area contributed by atoms with E-state index in [1.54, 1.807) is 0 Å². The van der Waals surface area contributed by atoms with Crippen LogP contribution in [0.1, 0.15) is 75.9 Å². The molecule has 21 heavy (non-hydrogen) atoms. The summed E-state index contributed by atoms with van der Waals surface area (Å²) in [6, 6.07) is 0.720. The third kappa shape index (κ3) is 3.46. The molecule has 0 bridgehead atoms. The highest BCUT2D eigenvalue weighted by Crippen LogP contribution is 2.32. The van der Waals surface area contributed by atoms with Gasteiger partial charge in [-0.25, -0.2) is 0 Å². The van der Waals surface area contributed by atoms with E-state index in [0.717, 1.165) is 18.1 Å². The smallest absolute Gasteiger partial charge is 0.229 e. The number of rotatable bonds is 4. The van der Waals surface area contributed by atoms with E-state index in [2.05, 4.69) is 22.0 Å². The zero-order chi connectivity index (χ0) is 14.7. The molecule has 1 saturated heterocycles. The van der Waals surface area contributed by atoms with E-state index in [4.69, 9.17) is 4.52 Å². The van der Waals surface area contributed by atoms with Crippen molar-refractivity contribution in [3.8, 4) is 0 Å². The van der Waals surface area contributed by atoms with Gasteiger partial charge >= 0.3 is 0 Å². The predicted molar refractivity (Wildman–Crippen MR) is 79.9 cm³/mol. The Morgan fingerprint density at radius 1 is 1.14 bits per heavy atom. The molecular formula is C16H27N3O2. The van der Waals surface area contributed by atoms with Crippen molar-refractivity contribution in [2.45, 2.75) is 82.8 Å². The van der Waals surface area contributed by atoms with Crippen molar-refractivity contribution in [3.05, 3.63) is 11.7 Å². The molecule has 3 rings (SSSR count). The van der Waals surface area contributed by atoms with Crippen molar-refractivity contribution in [2.75, 3.05) is 6.61 Å². The molecule has 5 heteroatoms.